The molecule has 0 atom stereocenters. The minimum absolute atomic E-state index is 0.244. The van der Waals surface area contributed by atoms with Crippen molar-refractivity contribution < 1.29 is 13.2 Å². The van der Waals surface area contributed by atoms with E-state index in [9.17, 15) is 8.42 Å². The van der Waals surface area contributed by atoms with Gasteiger partial charge in [0.05, 0.1) is 0 Å². The van der Waals surface area contributed by atoms with Crippen LogP contribution in [0.5, 0.6) is 5.75 Å². The smallest absolute Gasteiger partial charge is 0.279 e. The predicted octanol–water partition coefficient (Wildman–Crippen LogP) is 0.968. The maximum atomic E-state index is 12.0. The van der Waals surface area contributed by atoms with Crippen molar-refractivity contribution in [3.8, 4) is 5.75 Å². The molecule has 0 saturated carbocycles. The van der Waals surface area contributed by atoms with Crippen molar-refractivity contribution in [1.82, 2.24) is 9.03 Å². The van der Waals surface area contributed by atoms with Gasteiger partial charge in [-0.1, -0.05) is 12.5 Å². The summed E-state index contributed by atoms with van der Waals surface area (Å²) in [5.41, 5.74) is 6.25. The number of benzene rings is 1. The lowest BCUT2D eigenvalue weighted by Crippen LogP contribution is -2.44. The third kappa shape index (κ3) is 4.36. The summed E-state index contributed by atoms with van der Waals surface area (Å²) < 4.78 is 33.5. The van der Waals surface area contributed by atoms with Gasteiger partial charge in [0, 0.05) is 31.4 Å². The number of hydrogen-bond donors (Lipinski definition) is 2. The van der Waals surface area contributed by atoms with E-state index in [0.29, 0.717) is 24.5 Å². The van der Waals surface area contributed by atoms with Crippen molar-refractivity contribution in [2.75, 3.05) is 32.0 Å². The quantitative estimate of drug-likeness (QED) is 0.605. The Labute approximate surface area is 120 Å². The van der Waals surface area contributed by atoms with E-state index in [1.807, 2.05) is 0 Å². The molecule has 0 amide bonds. The van der Waals surface area contributed by atoms with Gasteiger partial charge in [0.2, 0.25) is 0 Å². The van der Waals surface area contributed by atoms with Crippen molar-refractivity contribution in [1.29, 1.82) is 0 Å². The molecule has 1 saturated heterocycles. The zero-order valence-electron chi connectivity index (χ0n) is 11.4. The summed E-state index contributed by atoms with van der Waals surface area (Å²) in [6.07, 6.45) is 2.96. The predicted molar refractivity (Wildman–Crippen MR) is 78.7 cm³/mol. The monoisotopic (exact) mass is 299 g/mol. The van der Waals surface area contributed by atoms with E-state index in [-0.39, 0.29) is 13.2 Å². The molecule has 0 bridgehead atoms. The first-order valence-corrected chi connectivity index (χ1v) is 8.25. The van der Waals surface area contributed by atoms with E-state index >= 15 is 0 Å². The Morgan fingerprint density at radius 3 is 2.70 bits per heavy atom. The van der Waals surface area contributed by atoms with Gasteiger partial charge >= 0.3 is 0 Å². The van der Waals surface area contributed by atoms with E-state index in [0.717, 1.165) is 19.3 Å². The molecule has 2 rings (SSSR count). The number of nitrogens with one attached hydrogen (secondary N) is 1. The molecule has 0 radical (unpaired) electrons. The number of ether oxygens (including phenoxy) is 1. The first-order chi connectivity index (χ1) is 9.58. The lowest BCUT2D eigenvalue weighted by atomic mass is 10.2. The average Bonchev–Trinajstić information content (AvgIpc) is 2.45. The molecule has 7 heteroatoms. The molecular formula is C13H21N3O3S. The standard InChI is InChI=1S/C13H21N3O3S/c14-12-5-4-6-13(11-12)19-10-7-15-20(17,18)16-8-2-1-3-9-16/h4-6,11,15H,1-3,7-10,14H2. The van der Waals surface area contributed by atoms with Gasteiger partial charge in [-0.05, 0) is 25.0 Å². The van der Waals surface area contributed by atoms with Crippen molar-refractivity contribution in [3.63, 3.8) is 0 Å². The second-order valence-electron chi connectivity index (χ2n) is 4.78. The molecule has 112 valence electrons. The number of hydrogen-bond acceptors (Lipinski definition) is 4. The Kier molecular flexibility index (Phi) is 5.22. The van der Waals surface area contributed by atoms with Gasteiger partial charge in [-0.25, -0.2) is 0 Å². The van der Waals surface area contributed by atoms with Crippen LogP contribution in [0.3, 0.4) is 0 Å². The number of rotatable bonds is 6. The summed E-state index contributed by atoms with van der Waals surface area (Å²) in [5, 5.41) is 0. The van der Waals surface area contributed by atoms with Crippen molar-refractivity contribution in [2.24, 2.45) is 0 Å². The molecule has 20 heavy (non-hydrogen) atoms. The summed E-state index contributed by atoms with van der Waals surface area (Å²) in [5.74, 6) is 0.641. The van der Waals surface area contributed by atoms with Crippen LogP contribution in [0.1, 0.15) is 19.3 Å². The van der Waals surface area contributed by atoms with Crippen LogP contribution in [0.15, 0.2) is 24.3 Å². The first-order valence-electron chi connectivity index (χ1n) is 6.81. The molecule has 3 N–H and O–H groups in total. The highest BCUT2D eigenvalue weighted by Gasteiger charge is 2.22. The summed E-state index contributed by atoms with van der Waals surface area (Å²) >= 11 is 0. The minimum Gasteiger partial charge on any atom is -0.492 e. The summed E-state index contributed by atoms with van der Waals surface area (Å²) in [7, 11) is -3.37. The fraction of sp³-hybridized carbons (Fsp3) is 0.538. The number of nitrogens with zero attached hydrogens (tertiary/aromatic N) is 1. The van der Waals surface area contributed by atoms with Gasteiger partial charge in [0.25, 0.3) is 10.2 Å². The lowest BCUT2D eigenvalue weighted by Gasteiger charge is -2.25. The Morgan fingerprint density at radius 1 is 1.25 bits per heavy atom. The van der Waals surface area contributed by atoms with Crippen LogP contribution in [-0.2, 0) is 10.2 Å². The molecule has 1 aliphatic rings. The van der Waals surface area contributed by atoms with Crippen molar-refractivity contribution >= 4 is 15.9 Å². The van der Waals surface area contributed by atoms with Gasteiger partial charge in [-0.15, -0.1) is 0 Å². The summed E-state index contributed by atoms with van der Waals surface area (Å²) in [6.45, 7) is 1.72. The molecule has 0 aliphatic carbocycles. The fourth-order valence-electron chi connectivity index (χ4n) is 2.14. The molecule has 0 spiro atoms. The van der Waals surface area contributed by atoms with Gasteiger partial charge < -0.3 is 10.5 Å². The first kappa shape index (κ1) is 15.1. The van der Waals surface area contributed by atoms with Crippen LogP contribution in [0, 0.1) is 0 Å². The van der Waals surface area contributed by atoms with Crippen LogP contribution in [0.25, 0.3) is 0 Å². The SMILES string of the molecule is Nc1cccc(OCCNS(=O)(=O)N2CCCCC2)c1. The largest absolute Gasteiger partial charge is 0.492 e. The molecule has 0 aromatic heterocycles. The third-order valence-electron chi connectivity index (χ3n) is 3.17. The van der Waals surface area contributed by atoms with E-state index in [2.05, 4.69) is 4.72 Å². The second-order valence-corrected chi connectivity index (χ2v) is 6.54. The Hall–Kier alpha value is -1.31. The molecule has 6 nitrogen and oxygen atoms in total. The normalized spacial score (nSPS) is 17.0. The summed E-state index contributed by atoms with van der Waals surface area (Å²) in [4.78, 5) is 0. The van der Waals surface area contributed by atoms with Crippen LogP contribution in [0.4, 0.5) is 5.69 Å². The fourth-order valence-corrected chi connectivity index (χ4v) is 3.40. The topological polar surface area (TPSA) is 84.7 Å². The van der Waals surface area contributed by atoms with Crippen LogP contribution in [-0.4, -0.2) is 39.0 Å². The Bertz CT molecular complexity index is 527. The zero-order valence-corrected chi connectivity index (χ0v) is 12.2. The Balaban J connectivity index is 1.75. The van der Waals surface area contributed by atoms with Crippen molar-refractivity contribution in [3.05, 3.63) is 24.3 Å². The highest BCUT2D eigenvalue weighted by molar-refractivity contribution is 7.87. The molecule has 1 heterocycles. The molecule has 1 fully saturated rings. The van der Waals surface area contributed by atoms with Crippen LogP contribution < -0.4 is 15.2 Å². The highest BCUT2D eigenvalue weighted by Crippen LogP contribution is 2.14. The lowest BCUT2D eigenvalue weighted by molar-refractivity contribution is 0.313. The Morgan fingerprint density at radius 2 is 2.00 bits per heavy atom. The molecule has 1 aliphatic heterocycles. The minimum atomic E-state index is -3.37. The molecule has 1 aromatic rings. The number of nitrogens with two attached hydrogens (primary N) is 1. The number of piperidine rings is 1. The maximum absolute atomic E-state index is 12.0. The highest BCUT2D eigenvalue weighted by atomic mass is 32.2. The van der Waals surface area contributed by atoms with E-state index in [1.54, 1.807) is 24.3 Å². The zero-order chi connectivity index (χ0) is 14.4. The second kappa shape index (κ2) is 6.92. The van der Waals surface area contributed by atoms with Gasteiger partial charge in [-0.2, -0.15) is 17.4 Å². The molecular weight excluding hydrogens is 278 g/mol. The molecule has 0 unspecified atom stereocenters. The van der Waals surface area contributed by atoms with Gasteiger partial charge in [0.1, 0.15) is 12.4 Å². The van der Waals surface area contributed by atoms with Gasteiger partial charge in [0.15, 0.2) is 0 Å². The maximum Gasteiger partial charge on any atom is 0.279 e. The van der Waals surface area contributed by atoms with Crippen molar-refractivity contribution in [2.45, 2.75) is 19.3 Å². The van der Waals surface area contributed by atoms with Crippen LogP contribution in [0.2, 0.25) is 0 Å². The van der Waals surface area contributed by atoms with E-state index < -0.39 is 10.2 Å². The van der Waals surface area contributed by atoms with E-state index in [4.69, 9.17) is 10.5 Å². The number of anilines is 1. The van der Waals surface area contributed by atoms with Crippen LogP contribution >= 0.6 is 0 Å². The molecule has 1 aromatic carbocycles. The average molecular weight is 299 g/mol. The number of nitrogen functional groups attached to an aromatic ring is 1. The third-order valence-corrected chi connectivity index (χ3v) is 4.78. The van der Waals surface area contributed by atoms with Gasteiger partial charge in [-0.3, -0.25) is 0 Å². The van der Waals surface area contributed by atoms with E-state index in [1.165, 1.54) is 4.31 Å². The summed E-state index contributed by atoms with van der Waals surface area (Å²) in [6, 6.07) is 7.06.